The van der Waals surface area contributed by atoms with Crippen molar-refractivity contribution in [1.82, 2.24) is 9.88 Å². The van der Waals surface area contributed by atoms with Crippen molar-refractivity contribution < 1.29 is 9.59 Å². The molecule has 0 N–H and O–H groups in total. The van der Waals surface area contributed by atoms with E-state index in [0.717, 1.165) is 16.8 Å². The monoisotopic (exact) mass is 320 g/mol. The van der Waals surface area contributed by atoms with Gasteiger partial charge in [-0.25, -0.2) is 0 Å². The van der Waals surface area contributed by atoms with Gasteiger partial charge in [0, 0.05) is 31.9 Å². The molecule has 0 saturated carbocycles. The molecule has 0 radical (unpaired) electrons. The highest BCUT2D eigenvalue weighted by atomic mass is 16.2. The van der Waals surface area contributed by atoms with Gasteiger partial charge >= 0.3 is 0 Å². The molecule has 24 heavy (non-hydrogen) atoms. The van der Waals surface area contributed by atoms with Crippen LogP contribution in [-0.2, 0) is 9.59 Å². The van der Waals surface area contributed by atoms with Crippen LogP contribution in [0, 0.1) is 5.92 Å². The smallest absolute Gasteiger partial charge is 0.233 e. The summed E-state index contributed by atoms with van der Waals surface area (Å²) in [6.07, 6.45) is 3.95. The summed E-state index contributed by atoms with van der Waals surface area (Å²) in [6, 6.07) is 15.5. The molecule has 1 heterocycles. The molecule has 4 heteroatoms. The summed E-state index contributed by atoms with van der Waals surface area (Å²) < 4.78 is 0. The summed E-state index contributed by atoms with van der Waals surface area (Å²) in [5.74, 6) is -1.26. The topological polar surface area (TPSA) is 50.3 Å². The van der Waals surface area contributed by atoms with Gasteiger partial charge in [-0.2, -0.15) is 0 Å². The number of allylic oxidation sites excluding steroid dienone is 2. The zero-order valence-electron chi connectivity index (χ0n) is 13.8. The second-order valence-electron chi connectivity index (χ2n) is 6.21. The summed E-state index contributed by atoms with van der Waals surface area (Å²) in [5.41, 5.74) is 2.76. The summed E-state index contributed by atoms with van der Waals surface area (Å²) in [4.78, 5) is 31.2. The molecule has 0 fully saturated rings. The van der Waals surface area contributed by atoms with E-state index in [-0.39, 0.29) is 17.6 Å². The summed E-state index contributed by atoms with van der Waals surface area (Å²) >= 11 is 0. The van der Waals surface area contributed by atoms with E-state index < -0.39 is 5.92 Å². The molecule has 2 aromatic rings. The Balaban J connectivity index is 2.04. The minimum Gasteiger partial charge on any atom is -0.348 e. The van der Waals surface area contributed by atoms with Crippen LogP contribution in [0.25, 0.3) is 5.57 Å². The molecule has 0 saturated heterocycles. The number of hydrogen-bond acceptors (Lipinski definition) is 3. The van der Waals surface area contributed by atoms with Crippen LogP contribution < -0.4 is 0 Å². The standard InChI is InChI=1S/C20H20N2O2/c1-22(2)20(24)19-16(17-10-6-7-11-21-17)12-15(13-18(19)23)14-8-4-3-5-9-14/h3-11,13,16,19H,12H2,1-2H3. The summed E-state index contributed by atoms with van der Waals surface area (Å²) in [7, 11) is 3.36. The maximum atomic E-state index is 12.8. The third kappa shape index (κ3) is 3.13. The van der Waals surface area contributed by atoms with E-state index in [1.807, 2.05) is 48.5 Å². The number of pyridine rings is 1. The number of rotatable bonds is 3. The van der Waals surface area contributed by atoms with Crippen molar-refractivity contribution in [2.75, 3.05) is 14.1 Å². The van der Waals surface area contributed by atoms with Crippen molar-refractivity contribution >= 4 is 17.3 Å². The first-order valence-corrected chi connectivity index (χ1v) is 8.00. The van der Waals surface area contributed by atoms with Gasteiger partial charge in [-0.3, -0.25) is 14.6 Å². The largest absolute Gasteiger partial charge is 0.348 e. The van der Waals surface area contributed by atoms with Crippen LogP contribution in [0.2, 0.25) is 0 Å². The van der Waals surface area contributed by atoms with E-state index in [1.54, 1.807) is 26.4 Å². The Morgan fingerprint density at radius 2 is 1.79 bits per heavy atom. The van der Waals surface area contributed by atoms with E-state index in [1.165, 1.54) is 4.90 Å². The number of carbonyl (C=O) groups is 2. The van der Waals surface area contributed by atoms with Crippen molar-refractivity contribution in [3.63, 3.8) is 0 Å². The van der Waals surface area contributed by atoms with Crippen molar-refractivity contribution in [3.05, 3.63) is 72.1 Å². The Morgan fingerprint density at radius 1 is 1.08 bits per heavy atom. The molecule has 2 atom stereocenters. The second kappa shape index (κ2) is 6.79. The molecular weight excluding hydrogens is 300 g/mol. The number of amides is 1. The molecule has 1 aliphatic carbocycles. The third-order valence-corrected chi connectivity index (χ3v) is 4.38. The fourth-order valence-corrected chi connectivity index (χ4v) is 3.17. The van der Waals surface area contributed by atoms with Gasteiger partial charge in [-0.15, -0.1) is 0 Å². The van der Waals surface area contributed by atoms with Crippen LogP contribution in [0.15, 0.2) is 60.8 Å². The Morgan fingerprint density at radius 3 is 2.42 bits per heavy atom. The highest BCUT2D eigenvalue weighted by molar-refractivity contribution is 6.11. The van der Waals surface area contributed by atoms with Crippen LogP contribution in [0.5, 0.6) is 0 Å². The summed E-state index contributed by atoms with van der Waals surface area (Å²) in [6.45, 7) is 0. The molecule has 1 aromatic carbocycles. The predicted molar refractivity (Wildman–Crippen MR) is 93.2 cm³/mol. The van der Waals surface area contributed by atoms with Crippen LogP contribution in [0.1, 0.15) is 23.6 Å². The lowest BCUT2D eigenvalue weighted by atomic mass is 9.74. The zero-order valence-corrected chi connectivity index (χ0v) is 13.8. The zero-order chi connectivity index (χ0) is 17.1. The highest BCUT2D eigenvalue weighted by Crippen LogP contribution is 2.39. The van der Waals surface area contributed by atoms with E-state index in [0.29, 0.717) is 6.42 Å². The molecule has 0 spiro atoms. The molecule has 3 rings (SSSR count). The van der Waals surface area contributed by atoms with Crippen molar-refractivity contribution in [2.45, 2.75) is 12.3 Å². The number of hydrogen-bond donors (Lipinski definition) is 0. The molecule has 0 bridgehead atoms. The highest BCUT2D eigenvalue weighted by Gasteiger charge is 2.40. The van der Waals surface area contributed by atoms with Gasteiger partial charge in [-0.05, 0) is 35.8 Å². The average Bonchev–Trinajstić information content (AvgIpc) is 2.62. The fraction of sp³-hybridized carbons (Fsp3) is 0.250. The second-order valence-corrected chi connectivity index (χ2v) is 6.21. The predicted octanol–water partition coefficient (Wildman–Crippen LogP) is 2.93. The first-order valence-electron chi connectivity index (χ1n) is 8.00. The number of benzene rings is 1. The lowest BCUT2D eigenvalue weighted by Crippen LogP contribution is -2.39. The Labute approximate surface area is 141 Å². The first-order chi connectivity index (χ1) is 11.6. The number of ketones is 1. The van der Waals surface area contributed by atoms with Crippen molar-refractivity contribution in [2.24, 2.45) is 5.92 Å². The van der Waals surface area contributed by atoms with Crippen LogP contribution in [0.4, 0.5) is 0 Å². The lowest BCUT2D eigenvalue weighted by Gasteiger charge is -2.31. The van der Waals surface area contributed by atoms with Gasteiger partial charge in [0.1, 0.15) is 5.92 Å². The van der Waals surface area contributed by atoms with Crippen LogP contribution >= 0.6 is 0 Å². The van der Waals surface area contributed by atoms with Gasteiger partial charge in [0.25, 0.3) is 0 Å². The number of carbonyl (C=O) groups excluding carboxylic acids is 2. The molecule has 0 aliphatic heterocycles. The Hall–Kier alpha value is -2.75. The summed E-state index contributed by atoms with van der Waals surface area (Å²) in [5, 5.41) is 0. The van der Waals surface area contributed by atoms with Gasteiger partial charge in [0.2, 0.25) is 5.91 Å². The number of nitrogens with zero attached hydrogens (tertiary/aromatic N) is 2. The molecule has 1 amide bonds. The molecule has 2 unspecified atom stereocenters. The van der Waals surface area contributed by atoms with Gasteiger partial charge < -0.3 is 4.90 Å². The minimum atomic E-state index is -0.706. The molecule has 1 aromatic heterocycles. The fourth-order valence-electron chi connectivity index (χ4n) is 3.17. The maximum Gasteiger partial charge on any atom is 0.233 e. The van der Waals surface area contributed by atoms with Crippen molar-refractivity contribution in [1.29, 1.82) is 0 Å². The van der Waals surface area contributed by atoms with Gasteiger partial charge in [-0.1, -0.05) is 36.4 Å². The van der Waals surface area contributed by atoms with E-state index in [9.17, 15) is 9.59 Å². The average molecular weight is 320 g/mol. The normalized spacial score (nSPS) is 20.4. The Kier molecular flexibility index (Phi) is 4.56. The maximum absolute atomic E-state index is 12.8. The van der Waals surface area contributed by atoms with E-state index in [2.05, 4.69) is 4.98 Å². The molecular formula is C20H20N2O2. The molecule has 4 nitrogen and oxygen atoms in total. The van der Waals surface area contributed by atoms with E-state index >= 15 is 0 Å². The van der Waals surface area contributed by atoms with Crippen molar-refractivity contribution in [3.8, 4) is 0 Å². The molecule has 122 valence electrons. The SMILES string of the molecule is CN(C)C(=O)C1C(=O)C=C(c2ccccc2)CC1c1ccccn1. The Bertz CT molecular complexity index is 767. The number of aromatic nitrogens is 1. The molecule has 1 aliphatic rings. The third-order valence-electron chi connectivity index (χ3n) is 4.38. The van der Waals surface area contributed by atoms with Crippen LogP contribution in [0.3, 0.4) is 0 Å². The van der Waals surface area contributed by atoms with E-state index in [4.69, 9.17) is 0 Å². The first kappa shape index (κ1) is 16.1. The lowest BCUT2D eigenvalue weighted by molar-refractivity contribution is -0.139. The van der Waals surface area contributed by atoms with Crippen LogP contribution in [-0.4, -0.2) is 35.7 Å². The van der Waals surface area contributed by atoms with Gasteiger partial charge in [0.05, 0.1) is 0 Å². The quantitative estimate of drug-likeness (QED) is 0.817. The van der Waals surface area contributed by atoms with Gasteiger partial charge in [0.15, 0.2) is 5.78 Å². The minimum absolute atomic E-state index is 0.144.